The molecule has 0 bridgehead atoms. The molecular weight excluding hydrogens is 488 g/mol. The highest BCUT2D eigenvalue weighted by atomic mass is 32.2. The number of nitrogens with zero attached hydrogens (tertiary/aromatic N) is 3. The summed E-state index contributed by atoms with van der Waals surface area (Å²) in [6.07, 6.45) is -0.889. The molecule has 0 unspecified atom stereocenters. The van der Waals surface area contributed by atoms with Crippen molar-refractivity contribution in [2.45, 2.75) is 37.9 Å². The zero-order valence-corrected chi connectivity index (χ0v) is 20.0. The number of benzene rings is 1. The van der Waals surface area contributed by atoms with E-state index in [0.29, 0.717) is 10.5 Å². The first kappa shape index (κ1) is 24.6. The topological polar surface area (TPSA) is 173 Å². The normalized spacial score (nSPS) is 26.1. The summed E-state index contributed by atoms with van der Waals surface area (Å²) in [7, 11) is -3.79. The number of thioether (sulfide) groups is 1. The number of rotatable bonds is 8. The molecule has 2 saturated heterocycles. The number of carbonyl (C=O) groups is 2. The Bertz CT molecular complexity index is 1160. The summed E-state index contributed by atoms with van der Waals surface area (Å²) in [5, 5.41) is 25.9. The number of β-lactam (4-membered cyclic amide) rings is 1. The summed E-state index contributed by atoms with van der Waals surface area (Å²) in [6, 6.07) is 5.16. The summed E-state index contributed by atoms with van der Waals surface area (Å²) >= 11 is 1.32. The van der Waals surface area contributed by atoms with Crippen molar-refractivity contribution in [3.8, 4) is 0 Å². The van der Waals surface area contributed by atoms with E-state index in [9.17, 15) is 33.2 Å². The molecule has 34 heavy (non-hydrogen) atoms. The third-order valence-electron chi connectivity index (χ3n) is 6.29. The van der Waals surface area contributed by atoms with Crippen LogP contribution < -0.4 is 5.14 Å². The number of nitro benzene ring substituents is 1. The van der Waals surface area contributed by atoms with E-state index >= 15 is 0 Å². The number of esters is 1. The monoisotopic (exact) mass is 512 g/mol. The number of nitro groups is 1. The maximum absolute atomic E-state index is 13.1. The minimum atomic E-state index is -3.79. The maximum atomic E-state index is 13.1. The zero-order valence-electron chi connectivity index (χ0n) is 18.4. The van der Waals surface area contributed by atoms with Crippen molar-refractivity contribution < 1.29 is 32.8 Å². The minimum absolute atomic E-state index is 0.0895. The molecule has 4 atom stereocenters. The van der Waals surface area contributed by atoms with E-state index in [1.807, 2.05) is 6.92 Å². The van der Waals surface area contributed by atoms with Crippen molar-refractivity contribution in [2.24, 2.45) is 17.0 Å². The van der Waals surface area contributed by atoms with Gasteiger partial charge in [-0.05, 0) is 24.6 Å². The van der Waals surface area contributed by atoms with Crippen LogP contribution in [0.25, 0.3) is 0 Å². The Kier molecular flexibility index (Phi) is 6.46. The molecular formula is C20H24N4O8S2. The number of hydrogen-bond donors (Lipinski definition) is 2. The highest BCUT2D eigenvalue weighted by Gasteiger charge is 2.60. The Morgan fingerprint density at radius 3 is 2.50 bits per heavy atom. The minimum Gasteiger partial charge on any atom is -0.456 e. The molecule has 14 heteroatoms. The molecule has 3 aliphatic rings. The van der Waals surface area contributed by atoms with Gasteiger partial charge in [0.05, 0.1) is 23.0 Å². The second kappa shape index (κ2) is 8.92. The van der Waals surface area contributed by atoms with E-state index in [1.165, 1.54) is 47.9 Å². The van der Waals surface area contributed by atoms with Crippen LogP contribution in [0.3, 0.4) is 0 Å². The van der Waals surface area contributed by atoms with Crippen molar-refractivity contribution >= 4 is 39.5 Å². The van der Waals surface area contributed by atoms with Crippen molar-refractivity contribution in [3.05, 3.63) is 50.5 Å². The van der Waals surface area contributed by atoms with E-state index in [2.05, 4.69) is 0 Å². The fourth-order valence-electron chi connectivity index (χ4n) is 4.46. The lowest BCUT2D eigenvalue weighted by Crippen LogP contribution is -2.63. The fourth-order valence-corrected chi connectivity index (χ4v) is 6.94. The van der Waals surface area contributed by atoms with E-state index in [4.69, 9.17) is 9.88 Å². The molecule has 4 rings (SSSR count). The van der Waals surface area contributed by atoms with Crippen LogP contribution in [0.1, 0.15) is 19.4 Å². The Balaban J connectivity index is 1.53. The molecule has 0 spiro atoms. The Morgan fingerprint density at radius 1 is 1.35 bits per heavy atom. The lowest BCUT2D eigenvalue weighted by molar-refractivity contribution is -0.384. The number of aliphatic hydroxyl groups excluding tert-OH is 1. The van der Waals surface area contributed by atoms with Crippen LogP contribution in [0.15, 0.2) is 34.9 Å². The van der Waals surface area contributed by atoms with Gasteiger partial charge in [0.25, 0.3) is 15.9 Å². The van der Waals surface area contributed by atoms with Crippen molar-refractivity contribution in [1.82, 2.24) is 9.21 Å². The van der Waals surface area contributed by atoms with E-state index < -0.39 is 39.2 Å². The van der Waals surface area contributed by atoms with Crippen molar-refractivity contribution in [3.63, 3.8) is 0 Å². The summed E-state index contributed by atoms with van der Waals surface area (Å²) in [5.41, 5.74) is 0.546. The molecule has 1 aromatic rings. The predicted molar refractivity (Wildman–Crippen MR) is 121 cm³/mol. The van der Waals surface area contributed by atoms with Crippen molar-refractivity contribution in [2.75, 3.05) is 13.1 Å². The SMILES string of the molecule is C[C@@H](O)[C@H]1C(=O)N2C(C(=O)OCc3ccc([N+](=O)[O-])cc3)=C(SC3CN(S(N)(=O)=O)C3)[C@H](C)[C@H]12. The van der Waals surface area contributed by atoms with Gasteiger partial charge < -0.3 is 14.7 Å². The number of hydrogen-bond acceptors (Lipinski definition) is 9. The Hall–Kier alpha value is -2.52. The summed E-state index contributed by atoms with van der Waals surface area (Å²) in [6.45, 7) is 3.60. The fraction of sp³-hybridized carbons (Fsp3) is 0.500. The van der Waals surface area contributed by atoms with Crippen LogP contribution in [-0.2, 0) is 31.1 Å². The highest BCUT2D eigenvalue weighted by Crippen LogP contribution is 2.52. The number of non-ortho nitro benzene ring substituents is 1. The predicted octanol–water partition coefficient (Wildman–Crippen LogP) is 0.328. The third-order valence-corrected chi connectivity index (χ3v) is 8.76. The van der Waals surface area contributed by atoms with Crippen LogP contribution in [0, 0.1) is 22.0 Å². The molecule has 0 saturated carbocycles. The van der Waals surface area contributed by atoms with Crippen LogP contribution in [-0.4, -0.2) is 70.0 Å². The van der Waals surface area contributed by atoms with Gasteiger partial charge in [-0.25, -0.2) is 9.93 Å². The smallest absolute Gasteiger partial charge is 0.356 e. The maximum Gasteiger partial charge on any atom is 0.356 e. The molecule has 3 heterocycles. The largest absolute Gasteiger partial charge is 0.456 e. The number of aliphatic hydroxyl groups is 1. The number of amides is 1. The molecule has 1 amide bonds. The van der Waals surface area contributed by atoms with Gasteiger partial charge in [-0.3, -0.25) is 14.9 Å². The number of carbonyl (C=O) groups excluding carboxylic acids is 2. The zero-order chi connectivity index (χ0) is 24.9. The first-order chi connectivity index (χ1) is 15.9. The van der Waals surface area contributed by atoms with Gasteiger partial charge in [-0.2, -0.15) is 12.7 Å². The number of fused-ring (bicyclic) bond motifs is 1. The average Bonchev–Trinajstić information content (AvgIpc) is 2.95. The summed E-state index contributed by atoms with van der Waals surface area (Å²) in [4.78, 5) is 38.1. The third kappa shape index (κ3) is 4.31. The van der Waals surface area contributed by atoms with E-state index in [0.717, 1.165) is 4.31 Å². The van der Waals surface area contributed by atoms with Gasteiger partial charge in [0.1, 0.15) is 12.3 Å². The van der Waals surface area contributed by atoms with Crippen LogP contribution in [0.5, 0.6) is 0 Å². The molecule has 12 nitrogen and oxygen atoms in total. The van der Waals surface area contributed by atoms with Gasteiger partial charge in [-0.1, -0.05) is 6.92 Å². The number of ether oxygens (including phenoxy) is 1. The van der Waals surface area contributed by atoms with E-state index in [1.54, 1.807) is 0 Å². The quantitative estimate of drug-likeness (QED) is 0.215. The van der Waals surface area contributed by atoms with Crippen LogP contribution in [0.2, 0.25) is 0 Å². The average molecular weight is 513 g/mol. The van der Waals surface area contributed by atoms with Gasteiger partial charge in [0, 0.05) is 41.3 Å². The Morgan fingerprint density at radius 2 is 1.97 bits per heavy atom. The van der Waals surface area contributed by atoms with E-state index in [-0.39, 0.29) is 48.2 Å². The highest BCUT2D eigenvalue weighted by molar-refractivity contribution is 8.04. The molecule has 0 aliphatic carbocycles. The first-order valence-electron chi connectivity index (χ1n) is 10.5. The molecule has 3 N–H and O–H groups in total. The van der Waals surface area contributed by atoms with Crippen molar-refractivity contribution in [1.29, 1.82) is 0 Å². The molecule has 0 radical (unpaired) electrons. The standard InChI is InChI=1S/C20H24N4O8S2/c1-10-16-15(11(2)25)19(26)23(16)17(18(10)33-14-7-22(8-14)34(21,30)31)20(27)32-9-12-3-5-13(6-4-12)24(28)29/h3-6,10-11,14-16,25H,7-9H2,1-2H3,(H2,21,30,31)/t10-,11-,15-,16-/m1/s1. The molecule has 0 aromatic heterocycles. The second-order valence-corrected chi connectivity index (χ2v) is 11.5. The van der Waals surface area contributed by atoms with Crippen LogP contribution in [0.4, 0.5) is 5.69 Å². The van der Waals surface area contributed by atoms with Crippen LogP contribution >= 0.6 is 11.8 Å². The van der Waals surface area contributed by atoms with Gasteiger partial charge in [0.2, 0.25) is 5.91 Å². The Labute approximate surface area is 200 Å². The number of nitrogens with two attached hydrogens (primary N) is 1. The first-order valence-corrected chi connectivity index (χ1v) is 12.9. The van der Waals surface area contributed by atoms with Gasteiger partial charge in [-0.15, -0.1) is 11.8 Å². The molecule has 184 valence electrons. The lowest BCUT2D eigenvalue weighted by atomic mass is 9.79. The molecule has 2 fully saturated rings. The second-order valence-electron chi connectivity index (χ2n) is 8.57. The lowest BCUT2D eigenvalue weighted by Gasteiger charge is -2.46. The van der Waals surface area contributed by atoms with Gasteiger partial charge >= 0.3 is 5.97 Å². The summed E-state index contributed by atoms with van der Waals surface area (Å²) < 4.78 is 29.5. The molecule has 1 aromatic carbocycles. The summed E-state index contributed by atoms with van der Waals surface area (Å²) in [5.74, 6) is -2.00. The van der Waals surface area contributed by atoms with Gasteiger partial charge in [0.15, 0.2) is 0 Å². The molecule has 3 aliphatic heterocycles.